The maximum absolute atomic E-state index is 9.82. The zero-order valence-corrected chi connectivity index (χ0v) is 38.9. The van der Waals surface area contributed by atoms with Gasteiger partial charge in [0.05, 0.1) is 17.6 Å². The van der Waals surface area contributed by atoms with Crippen LogP contribution in [0.2, 0.25) is 0 Å². The van der Waals surface area contributed by atoms with Crippen molar-refractivity contribution in [3.05, 3.63) is 255 Å². The Labute approximate surface area is 396 Å². The third-order valence-corrected chi connectivity index (χ3v) is 14.2. The van der Waals surface area contributed by atoms with Gasteiger partial charge in [0, 0.05) is 10.6 Å². The summed E-state index contributed by atoms with van der Waals surface area (Å²) in [5.41, 5.74) is 4.57. The second kappa shape index (κ2) is 26.9. The van der Waals surface area contributed by atoms with E-state index >= 15 is 0 Å². The Bertz CT molecular complexity index is 2490. The second-order valence-corrected chi connectivity index (χ2v) is 18.2. The van der Waals surface area contributed by atoms with Crippen molar-refractivity contribution in [2.24, 2.45) is 10.1 Å². The number of fused-ring (bicyclic) bond motifs is 1. The van der Waals surface area contributed by atoms with Crippen LogP contribution in [0.5, 0.6) is 5.75 Å². The molecule has 1 aromatic heterocycles. The predicted molar refractivity (Wildman–Crippen MR) is 269 cm³/mol. The van der Waals surface area contributed by atoms with Crippen molar-refractivity contribution >= 4 is 88.3 Å². The number of nitrogens with zero attached hydrogens (tertiary/aromatic N) is 3. The molecule has 0 saturated carbocycles. The van der Waals surface area contributed by atoms with Crippen molar-refractivity contribution in [3.63, 3.8) is 0 Å². The van der Waals surface area contributed by atoms with Gasteiger partial charge in [0.15, 0.2) is 0 Å². The SMILES string of the molecule is Oc1cccc2ccc(/C=N/NC([S-])=Nc3ccccc3)nc12.[C-]#[O+].[Ru+].c1ccc(P(c2ccccc2)c2ccccc2)cc1.c1ccc(P(c2ccccc2)c2ccccc2)cc1. The summed E-state index contributed by atoms with van der Waals surface area (Å²) in [6, 6.07) is 83.0. The smallest absolute Gasteiger partial charge is 0.0622 e. The first-order chi connectivity index (χ1) is 31.1. The number of pyridine rings is 1. The van der Waals surface area contributed by atoms with Crippen molar-refractivity contribution in [1.29, 1.82) is 0 Å². The van der Waals surface area contributed by atoms with E-state index in [1.807, 2.05) is 48.5 Å². The van der Waals surface area contributed by atoms with Crippen molar-refractivity contribution in [3.8, 4) is 5.75 Å². The van der Waals surface area contributed by atoms with Gasteiger partial charge in [0.1, 0.15) is 11.3 Å². The Morgan fingerprint density at radius 2 is 0.828 bits per heavy atom. The molecule has 2 N–H and O–H groups in total. The molecule has 9 aromatic rings. The van der Waals surface area contributed by atoms with Crippen LogP contribution < -0.4 is 37.3 Å². The fourth-order valence-corrected chi connectivity index (χ4v) is 11.1. The number of phenols is 1. The molecule has 0 saturated heterocycles. The van der Waals surface area contributed by atoms with E-state index in [9.17, 15) is 5.11 Å². The van der Waals surface area contributed by atoms with Crippen LogP contribution in [0.15, 0.2) is 253 Å². The number of hydrogen-bond donors (Lipinski definition) is 2. The summed E-state index contributed by atoms with van der Waals surface area (Å²) < 4.78 is 7.50. The van der Waals surface area contributed by atoms with Gasteiger partial charge in [-0.25, -0.2) is 4.98 Å². The summed E-state index contributed by atoms with van der Waals surface area (Å²) in [6.45, 7) is 4.50. The third-order valence-electron chi connectivity index (χ3n) is 9.15. The molecule has 0 fully saturated rings. The number of para-hydroxylation sites is 2. The van der Waals surface area contributed by atoms with Gasteiger partial charge in [-0.2, -0.15) is 5.10 Å². The number of nitrogens with one attached hydrogen (secondary N) is 1. The van der Waals surface area contributed by atoms with Crippen LogP contribution in [0.25, 0.3) is 10.9 Å². The molecule has 0 aliphatic heterocycles. The van der Waals surface area contributed by atoms with E-state index in [0.29, 0.717) is 11.2 Å². The molecular weight excluding hydrogens is 932 g/mol. The summed E-state index contributed by atoms with van der Waals surface area (Å²) in [7, 11) is -0.892. The molecule has 9 rings (SSSR count). The standard InChI is InChI=1S/2C18H15P.C17H14N4OS.CO.Ru/c2*1-4-10-16(11-5-1)19(17-12-6-2-7-13-17)18-14-8-3-9-15-18;22-15-8-4-5-12-9-10-14(19-16(12)15)11-18-21-17(23)20-13-6-2-1-3-7-13;1-2;/h2*1-15H;1-11,22H,(H2,20,21,23);;/q;;;;+1/p-1/b;;18-11+;;. The topological polar surface area (TPSA) is 89.8 Å². The summed E-state index contributed by atoms with van der Waals surface area (Å²) in [4.78, 5) is 8.54. The van der Waals surface area contributed by atoms with Gasteiger partial charge in [-0.3, -0.25) is 10.4 Å². The molecule has 0 aliphatic rings. The minimum absolute atomic E-state index is 0. The number of amidine groups is 1. The number of rotatable bonds is 9. The van der Waals surface area contributed by atoms with Gasteiger partial charge in [0.25, 0.3) is 0 Å². The quantitative estimate of drug-likeness (QED) is 0.0221. The van der Waals surface area contributed by atoms with Crippen molar-refractivity contribution in [1.82, 2.24) is 10.4 Å². The van der Waals surface area contributed by atoms with Gasteiger partial charge in [-0.15, -0.1) is 0 Å². The Kier molecular flexibility index (Phi) is 20.4. The largest absolute Gasteiger partial charge is 1.00 e. The van der Waals surface area contributed by atoms with Crippen LogP contribution >= 0.6 is 15.8 Å². The molecule has 10 heteroatoms. The fraction of sp³-hybridized carbons (Fsp3) is 0. The number of aromatic hydroxyl groups is 1. The molecule has 0 unspecified atom stereocenters. The molecule has 0 atom stereocenters. The van der Waals surface area contributed by atoms with Crippen molar-refractivity contribution in [2.75, 3.05) is 0 Å². The summed E-state index contributed by atoms with van der Waals surface area (Å²) >= 11 is 5.10. The molecule has 0 spiro atoms. The molecule has 8 aromatic carbocycles. The first-order valence-corrected chi connectivity index (χ1v) is 23.0. The number of hydrazone groups is 1. The molecule has 0 aliphatic carbocycles. The van der Waals surface area contributed by atoms with E-state index in [4.69, 9.17) is 17.3 Å². The third kappa shape index (κ3) is 14.6. The monoisotopic (exact) mass is 975 g/mol. The van der Waals surface area contributed by atoms with E-state index in [1.165, 1.54) is 38.0 Å². The van der Waals surface area contributed by atoms with Crippen LogP contribution in [0.4, 0.5) is 5.69 Å². The van der Waals surface area contributed by atoms with Gasteiger partial charge < -0.3 is 17.7 Å². The van der Waals surface area contributed by atoms with Gasteiger partial charge in [-0.05, 0) is 71.9 Å². The Hall–Kier alpha value is -6.45. The molecule has 6 nitrogen and oxygen atoms in total. The van der Waals surface area contributed by atoms with Crippen LogP contribution in [0.3, 0.4) is 0 Å². The first kappa shape index (κ1) is 48.6. The Balaban J connectivity index is 0.000000177. The molecule has 1 radical (unpaired) electrons. The average Bonchev–Trinajstić information content (AvgIpc) is 3.35. The average molecular weight is 975 g/mol. The van der Waals surface area contributed by atoms with E-state index in [-0.39, 0.29) is 30.4 Å². The number of benzene rings is 8. The van der Waals surface area contributed by atoms with E-state index in [2.05, 4.69) is 209 Å². The van der Waals surface area contributed by atoms with Gasteiger partial charge in [0.2, 0.25) is 0 Å². The first-order valence-electron chi connectivity index (χ1n) is 19.9. The molecule has 0 amide bonds. The Morgan fingerprint density at radius 3 is 1.19 bits per heavy atom. The molecule has 64 heavy (non-hydrogen) atoms. The van der Waals surface area contributed by atoms with Gasteiger partial charge in [-0.1, -0.05) is 218 Å². The van der Waals surface area contributed by atoms with Crippen LogP contribution in [0, 0.1) is 6.65 Å². The normalized spacial score (nSPS) is 10.6. The summed E-state index contributed by atoms with van der Waals surface area (Å²) in [5.74, 6) is 0.139. The van der Waals surface area contributed by atoms with Crippen LogP contribution in [-0.4, -0.2) is 21.5 Å². The maximum atomic E-state index is 9.82. The number of aliphatic imine (C=N–C) groups is 1. The summed E-state index contributed by atoms with van der Waals surface area (Å²) in [5, 5.41) is 23.3. The van der Waals surface area contributed by atoms with Crippen LogP contribution in [-0.2, 0) is 36.8 Å². The predicted octanol–water partition coefficient (Wildman–Crippen LogP) is 9.95. The minimum atomic E-state index is -0.446. The number of aromatic nitrogens is 1. The van der Waals surface area contributed by atoms with Crippen molar-refractivity contribution < 1.29 is 29.2 Å². The molecular formula is C54H43N4O2P2RuS. The minimum Gasteiger partial charge on any atom is -0.0622 e. The molecule has 315 valence electrons. The zero-order valence-electron chi connectivity index (χ0n) is 34.5. The van der Waals surface area contributed by atoms with E-state index < -0.39 is 15.8 Å². The van der Waals surface area contributed by atoms with Crippen LogP contribution in [0.1, 0.15) is 5.69 Å². The molecule has 0 bridgehead atoms. The van der Waals surface area contributed by atoms with E-state index in [0.717, 1.165) is 11.1 Å². The second-order valence-electron chi connectivity index (χ2n) is 13.4. The number of hydrogen-bond acceptors (Lipinski definition) is 5. The molecule has 1 heterocycles. The number of phenolic OH excluding ortho intramolecular Hbond substituents is 1. The van der Waals surface area contributed by atoms with Gasteiger partial charge >= 0.3 is 30.8 Å². The van der Waals surface area contributed by atoms with E-state index in [1.54, 1.807) is 12.1 Å². The zero-order chi connectivity index (χ0) is 43.9. The Morgan fingerprint density at radius 1 is 0.484 bits per heavy atom. The van der Waals surface area contributed by atoms with Crippen molar-refractivity contribution in [2.45, 2.75) is 0 Å². The maximum Gasteiger partial charge on any atom is 1.00 e. The fourth-order valence-electron chi connectivity index (χ4n) is 6.37. The summed E-state index contributed by atoms with van der Waals surface area (Å²) in [6.07, 6.45) is 1.53.